The lowest BCUT2D eigenvalue weighted by Gasteiger charge is -2.17. The Bertz CT molecular complexity index is 726. The Hall–Kier alpha value is -2.12. The molecule has 1 aliphatic rings. The van der Waals surface area contributed by atoms with Crippen LogP contribution in [-0.4, -0.2) is 40.1 Å². The molecule has 1 saturated heterocycles. The topological polar surface area (TPSA) is 77.5 Å². The fraction of sp³-hybridized carbons (Fsp3) is 0.263. The summed E-state index contributed by atoms with van der Waals surface area (Å²) in [6, 6.07) is 14.7. The maximum absolute atomic E-state index is 11.0. The molecule has 2 heterocycles. The number of hydrogen-bond acceptors (Lipinski definition) is 5. The quantitative estimate of drug-likeness (QED) is 0.387. The molecular formula is C19H24Cl2N4O2. The second-order valence-electron chi connectivity index (χ2n) is 6.14. The Morgan fingerprint density at radius 1 is 1.22 bits per heavy atom. The van der Waals surface area contributed by atoms with Crippen LogP contribution in [-0.2, 0) is 11.3 Å². The zero-order chi connectivity index (χ0) is 17.5. The molecule has 1 aliphatic heterocycles. The van der Waals surface area contributed by atoms with Gasteiger partial charge in [-0.05, 0) is 35.8 Å². The van der Waals surface area contributed by atoms with Crippen molar-refractivity contribution in [3.8, 4) is 0 Å². The van der Waals surface area contributed by atoms with E-state index in [1.165, 1.54) is 11.6 Å². The Morgan fingerprint density at radius 3 is 2.67 bits per heavy atom. The van der Waals surface area contributed by atoms with Gasteiger partial charge < -0.3 is 5.32 Å². The molecule has 6 nitrogen and oxygen atoms in total. The van der Waals surface area contributed by atoms with Crippen molar-refractivity contribution >= 4 is 42.6 Å². The number of halogens is 2. The van der Waals surface area contributed by atoms with E-state index in [-0.39, 0.29) is 24.8 Å². The van der Waals surface area contributed by atoms with Crippen LogP contribution in [0.4, 0.5) is 5.82 Å². The third kappa shape index (κ3) is 7.19. The van der Waals surface area contributed by atoms with Crippen molar-refractivity contribution in [3.05, 3.63) is 65.9 Å². The number of pyridine rings is 1. The molecule has 0 unspecified atom stereocenters. The number of nitrogens with one attached hydrogen (secondary N) is 2. The lowest BCUT2D eigenvalue weighted by Crippen LogP contribution is -2.26. The highest BCUT2D eigenvalue weighted by molar-refractivity contribution is 5.90. The van der Waals surface area contributed by atoms with Crippen LogP contribution in [0.25, 0.3) is 6.08 Å². The van der Waals surface area contributed by atoms with Crippen LogP contribution in [0.3, 0.4) is 0 Å². The molecule has 1 amide bonds. The molecule has 3 N–H and O–H groups in total. The van der Waals surface area contributed by atoms with E-state index in [0.717, 1.165) is 37.4 Å². The van der Waals surface area contributed by atoms with Crippen molar-refractivity contribution in [1.82, 2.24) is 15.4 Å². The minimum absolute atomic E-state index is 0. The number of rotatable bonds is 6. The molecule has 2 aromatic rings. The van der Waals surface area contributed by atoms with Gasteiger partial charge in [0.1, 0.15) is 5.82 Å². The number of hydrogen-bond donors (Lipinski definition) is 3. The summed E-state index contributed by atoms with van der Waals surface area (Å²) < 4.78 is 0. The van der Waals surface area contributed by atoms with Crippen molar-refractivity contribution < 1.29 is 10.0 Å². The number of carbonyl (C=O) groups excluding carboxylic acids is 1. The number of likely N-dealkylation sites (tertiary alicyclic amines) is 1. The van der Waals surface area contributed by atoms with Gasteiger partial charge in [-0.3, -0.25) is 14.9 Å². The van der Waals surface area contributed by atoms with Gasteiger partial charge in [0.15, 0.2) is 0 Å². The summed E-state index contributed by atoms with van der Waals surface area (Å²) in [4.78, 5) is 17.8. The van der Waals surface area contributed by atoms with Gasteiger partial charge in [-0.25, -0.2) is 10.5 Å². The molecule has 0 saturated carbocycles. The standard InChI is InChI=1S/C19H22N4O2.2ClH/c24-19(22-25)9-7-15-6-8-18(20-12-15)21-17-10-11-23(14-17)13-16-4-2-1-3-5-16;;/h1-9,12,17,25H,10-11,13-14H2,(H,20,21)(H,22,24);2*1H/t17-;;/m0../s1. The second-order valence-corrected chi connectivity index (χ2v) is 6.14. The normalized spacial score (nSPS) is 16.4. The zero-order valence-corrected chi connectivity index (χ0v) is 16.4. The predicted molar refractivity (Wildman–Crippen MR) is 111 cm³/mol. The van der Waals surface area contributed by atoms with Gasteiger partial charge in [0.05, 0.1) is 0 Å². The monoisotopic (exact) mass is 410 g/mol. The lowest BCUT2D eigenvalue weighted by molar-refractivity contribution is -0.124. The van der Waals surface area contributed by atoms with Crippen LogP contribution in [0.5, 0.6) is 0 Å². The van der Waals surface area contributed by atoms with E-state index in [4.69, 9.17) is 5.21 Å². The van der Waals surface area contributed by atoms with E-state index < -0.39 is 5.91 Å². The summed E-state index contributed by atoms with van der Waals surface area (Å²) >= 11 is 0. The van der Waals surface area contributed by atoms with E-state index in [2.05, 4.69) is 39.5 Å². The van der Waals surface area contributed by atoms with E-state index in [0.29, 0.717) is 6.04 Å². The van der Waals surface area contributed by atoms with Gasteiger partial charge in [0, 0.05) is 37.9 Å². The molecule has 0 bridgehead atoms. The van der Waals surface area contributed by atoms with Gasteiger partial charge in [0.2, 0.25) is 0 Å². The Balaban J connectivity index is 0.00000182. The number of hydroxylamine groups is 1. The predicted octanol–water partition coefficient (Wildman–Crippen LogP) is 3.13. The van der Waals surface area contributed by atoms with Crippen LogP contribution in [0.1, 0.15) is 17.5 Å². The number of nitrogens with zero attached hydrogens (tertiary/aromatic N) is 2. The van der Waals surface area contributed by atoms with E-state index >= 15 is 0 Å². The number of carbonyl (C=O) groups is 1. The molecule has 0 spiro atoms. The number of benzene rings is 1. The van der Waals surface area contributed by atoms with Crippen LogP contribution >= 0.6 is 24.8 Å². The summed E-state index contributed by atoms with van der Waals surface area (Å²) in [5.41, 5.74) is 3.69. The van der Waals surface area contributed by atoms with E-state index in [1.54, 1.807) is 17.8 Å². The molecule has 146 valence electrons. The first-order chi connectivity index (χ1) is 12.2. The average molecular weight is 411 g/mol. The van der Waals surface area contributed by atoms with Crippen molar-refractivity contribution in [2.75, 3.05) is 18.4 Å². The Morgan fingerprint density at radius 2 is 2.00 bits per heavy atom. The first kappa shape index (κ1) is 22.9. The van der Waals surface area contributed by atoms with Crippen molar-refractivity contribution in [3.63, 3.8) is 0 Å². The first-order valence-electron chi connectivity index (χ1n) is 8.34. The molecule has 1 aromatic carbocycles. The summed E-state index contributed by atoms with van der Waals surface area (Å²) in [6.45, 7) is 3.04. The van der Waals surface area contributed by atoms with E-state index in [1.807, 2.05) is 18.2 Å². The maximum Gasteiger partial charge on any atom is 0.267 e. The van der Waals surface area contributed by atoms with Gasteiger partial charge in [0.25, 0.3) is 5.91 Å². The van der Waals surface area contributed by atoms with Crippen LogP contribution in [0.15, 0.2) is 54.7 Å². The van der Waals surface area contributed by atoms with Gasteiger partial charge in [-0.15, -0.1) is 24.8 Å². The smallest absolute Gasteiger partial charge is 0.267 e. The van der Waals surface area contributed by atoms with Gasteiger partial charge in [-0.1, -0.05) is 30.3 Å². The van der Waals surface area contributed by atoms with Crippen molar-refractivity contribution in [2.24, 2.45) is 0 Å². The molecule has 3 rings (SSSR count). The largest absolute Gasteiger partial charge is 0.366 e. The molecular weight excluding hydrogens is 387 g/mol. The van der Waals surface area contributed by atoms with Crippen molar-refractivity contribution in [2.45, 2.75) is 19.0 Å². The van der Waals surface area contributed by atoms with Crippen LogP contribution in [0.2, 0.25) is 0 Å². The molecule has 0 aliphatic carbocycles. The maximum atomic E-state index is 11.0. The Labute approximate surface area is 171 Å². The average Bonchev–Trinajstić information content (AvgIpc) is 3.08. The minimum atomic E-state index is -0.563. The summed E-state index contributed by atoms with van der Waals surface area (Å²) in [5.74, 6) is 0.266. The molecule has 1 aromatic heterocycles. The SMILES string of the molecule is Cl.Cl.O=C(C=Cc1ccc(N[C@H]2CCN(Cc3ccccc3)C2)nc1)NO. The summed E-state index contributed by atoms with van der Waals surface area (Å²) in [6.07, 6.45) is 5.63. The lowest BCUT2D eigenvalue weighted by atomic mass is 10.2. The fourth-order valence-electron chi connectivity index (χ4n) is 2.94. The highest BCUT2D eigenvalue weighted by Crippen LogP contribution is 2.17. The minimum Gasteiger partial charge on any atom is -0.366 e. The summed E-state index contributed by atoms with van der Waals surface area (Å²) in [5, 5.41) is 11.9. The van der Waals surface area contributed by atoms with Crippen molar-refractivity contribution in [1.29, 1.82) is 0 Å². The molecule has 8 heteroatoms. The number of aromatic nitrogens is 1. The third-order valence-electron chi connectivity index (χ3n) is 4.20. The first-order valence-corrected chi connectivity index (χ1v) is 8.34. The highest BCUT2D eigenvalue weighted by Gasteiger charge is 2.22. The van der Waals surface area contributed by atoms with Gasteiger partial charge >= 0.3 is 0 Å². The molecule has 27 heavy (non-hydrogen) atoms. The molecule has 1 atom stereocenters. The second kappa shape index (κ2) is 11.6. The zero-order valence-electron chi connectivity index (χ0n) is 14.7. The van der Waals surface area contributed by atoms with Crippen LogP contribution in [0, 0.1) is 0 Å². The summed E-state index contributed by atoms with van der Waals surface area (Å²) in [7, 11) is 0. The number of amides is 1. The number of anilines is 1. The van der Waals surface area contributed by atoms with Gasteiger partial charge in [-0.2, -0.15) is 0 Å². The van der Waals surface area contributed by atoms with Crippen LogP contribution < -0.4 is 10.8 Å². The highest BCUT2D eigenvalue weighted by atomic mass is 35.5. The fourth-order valence-corrected chi connectivity index (χ4v) is 2.94. The molecule has 1 fully saturated rings. The third-order valence-corrected chi connectivity index (χ3v) is 4.20. The molecule has 0 radical (unpaired) electrons. The van der Waals surface area contributed by atoms with E-state index in [9.17, 15) is 4.79 Å². The Kier molecular flexibility index (Phi) is 9.82.